The van der Waals surface area contributed by atoms with Crippen LogP contribution in [0.4, 0.5) is 0 Å². The van der Waals surface area contributed by atoms with Crippen molar-refractivity contribution in [2.24, 2.45) is 11.8 Å². The van der Waals surface area contributed by atoms with E-state index in [9.17, 15) is 29.2 Å². The van der Waals surface area contributed by atoms with Crippen molar-refractivity contribution >= 4 is 24.8 Å². The van der Waals surface area contributed by atoms with Crippen LogP contribution in [0, 0.1) is 23.2 Å². The quantitative estimate of drug-likeness (QED) is 0.0923. The van der Waals surface area contributed by atoms with Gasteiger partial charge in [0, 0.05) is 12.6 Å². The Hall–Kier alpha value is -3.43. The Bertz CT molecular complexity index is 1010. The third kappa shape index (κ3) is 11.3. The number of hydrogen-bond acceptors (Lipinski definition) is 7. The Morgan fingerprint density at radius 1 is 1.14 bits per heavy atom. The number of allylic oxidation sites excluding steroid dienone is 1. The van der Waals surface area contributed by atoms with Crippen LogP contribution < -0.4 is 21.5 Å². The summed E-state index contributed by atoms with van der Waals surface area (Å²) >= 11 is 0. The average molecular weight is 501 g/mol. The normalized spacial score (nSPS) is 13.0. The third-order valence-corrected chi connectivity index (χ3v) is 5.12. The summed E-state index contributed by atoms with van der Waals surface area (Å²) < 4.78 is 0. The molecule has 0 bridgehead atoms. The smallest absolute Gasteiger partial charge is 0.426 e. The lowest BCUT2D eigenvalue weighted by atomic mass is 9.75. The lowest BCUT2D eigenvalue weighted by Gasteiger charge is -2.24. The first kappa shape index (κ1) is 30.6. The lowest BCUT2D eigenvalue weighted by Crippen LogP contribution is -2.54. The van der Waals surface area contributed by atoms with Crippen LogP contribution in [0.15, 0.2) is 34.6 Å². The number of carbonyl (C=O) groups is 3. The van der Waals surface area contributed by atoms with Gasteiger partial charge in [0.2, 0.25) is 11.5 Å². The highest BCUT2D eigenvalue weighted by molar-refractivity contribution is 6.43. The number of H-pyrrole nitrogens is 1. The highest BCUT2D eigenvalue weighted by Gasteiger charge is 2.30. The first-order valence-electron chi connectivity index (χ1n) is 12.0. The van der Waals surface area contributed by atoms with Gasteiger partial charge in [-0.05, 0) is 43.6 Å². The zero-order valence-corrected chi connectivity index (χ0v) is 21.2. The molecule has 1 unspecified atom stereocenters. The Labute approximate surface area is 211 Å². The van der Waals surface area contributed by atoms with Gasteiger partial charge in [-0.2, -0.15) is 5.26 Å². The van der Waals surface area contributed by atoms with Crippen LogP contribution in [0.25, 0.3) is 0 Å². The monoisotopic (exact) mass is 501 g/mol. The van der Waals surface area contributed by atoms with Crippen molar-refractivity contribution in [3.05, 3.63) is 45.9 Å². The second-order valence-corrected chi connectivity index (χ2v) is 9.30. The van der Waals surface area contributed by atoms with Crippen LogP contribution in [0.1, 0.15) is 63.9 Å². The molecule has 0 aliphatic rings. The first-order valence-corrected chi connectivity index (χ1v) is 12.0. The highest BCUT2D eigenvalue weighted by Crippen LogP contribution is 2.09. The maximum Gasteiger partial charge on any atom is 0.475 e. The van der Waals surface area contributed by atoms with E-state index in [0.29, 0.717) is 19.3 Å². The van der Waals surface area contributed by atoms with Crippen molar-refractivity contribution in [2.75, 3.05) is 6.54 Å². The van der Waals surface area contributed by atoms with Crippen molar-refractivity contribution in [3.63, 3.8) is 0 Å². The van der Waals surface area contributed by atoms with Crippen LogP contribution in [0.3, 0.4) is 0 Å². The largest absolute Gasteiger partial charge is 0.475 e. The van der Waals surface area contributed by atoms with Gasteiger partial charge in [0.05, 0.1) is 5.94 Å². The van der Waals surface area contributed by atoms with E-state index in [1.54, 1.807) is 6.08 Å². The minimum atomic E-state index is -1.78. The fraction of sp³-hybridized carbons (Fsp3) is 0.542. The number of nitriles is 1. The van der Waals surface area contributed by atoms with E-state index >= 15 is 0 Å². The number of amides is 3. The standard InChI is InChI=1S/C24H36BN5O6/c1-15(2)12-17(14-26)22(32)27-11-6-5-8-19(24(34)30-20(25(35)36)13-16(3)4)29-23(33)18-9-7-10-21(31)28-18/h7,9-10,12,15-16,19-20,35-36H,5-6,8,11,13H2,1-4H3,(H,27,32)(H,28,31)(H,29,33)(H,30,34)/t19?,20-/m0/s1. The molecule has 6 N–H and O–H groups in total. The Balaban J connectivity index is 2.83. The Morgan fingerprint density at radius 2 is 1.83 bits per heavy atom. The average Bonchev–Trinajstić information content (AvgIpc) is 2.80. The van der Waals surface area contributed by atoms with Crippen LogP contribution >= 0.6 is 0 Å². The number of nitrogens with zero attached hydrogens (tertiary/aromatic N) is 1. The molecule has 0 radical (unpaired) electrons. The van der Waals surface area contributed by atoms with Crippen molar-refractivity contribution in [1.82, 2.24) is 20.9 Å². The Morgan fingerprint density at radius 3 is 2.39 bits per heavy atom. The van der Waals surface area contributed by atoms with E-state index in [1.165, 1.54) is 18.2 Å². The predicted molar refractivity (Wildman–Crippen MR) is 135 cm³/mol. The number of carbonyl (C=O) groups excluding carboxylic acids is 3. The number of rotatable bonds is 14. The minimum absolute atomic E-state index is 0.0190. The molecule has 12 heteroatoms. The molecule has 0 spiro atoms. The SMILES string of the molecule is CC(C)C=C(C#N)C(=O)NCCCCC(NC(=O)c1cccc(=O)[nH]1)C(=O)N[C@@H](CC(C)C)B(O)O. The molecule has 2 atom stereocenters. The van der Waals surface area contributed by atoms with E-state index in [2.05, 4.69) is 20.9 Å². The summed E-state index contributed by atoms with van der Waals surface area (Å²) in [7, 11) is -1.78. The molecule has 0 aromatic carbocycles. The van der Waals surface area contributed by atoms with E-state index in [4.69, 9.17) is 5.26 Å². The maximum atomic E-state index is 12.9. The van der Waals surface area contributed by atoms with Gasteiger partial charge in [0.1, 0.15) is 23.4 Å². The maximum absolute atomic E-state index is 12.9. The summed E-state index contributed by atoms with van der Waals surface area (Å²) in [5.41, 5.74) is -0.456. The summed E-state index contributed by atoms with van der Waals surface area (Å²) in [4.78, 5) is 51.6. The minimum Gasteiger partial charge on any atom is -0.426 e. The van der Waals surface area contributed by atoms with Gasteiger partial charge in [-0.25, -0.2) is 0 Å². The van der Waals surface area contributed by atoms with Gasteiger partial charge in [-0.15, -0.1) is 0 Å². The van der Waals surface area contributed by atoms with Crippen LogP contribution in [0.5, 0.6) is 0 Å². The number of aromatic amines is 1. The summed E-state index contributed by atoms with van der Waals surface area (Å²) in [6, 6.07) is 4.91. The lowest BCUT2D eigenvalue weighted by molar-refractivity contribution is -0.123. The molecule has 196 valence electrons. The van der Waals surface area contributed by atoms with Gasteiger partial charge in [-0.1, -0.05) is 39.8 Å². The molecule has 3 amide bonds. The summed E-state index contributed by atoms with van der Waals surface area (Å²) in [6.45, 7) is 7.72. The van der Waals surface area contributed by atoms with Gasteiger partial charge < -0.3 is 31.0 Å². The molecule has 0 saturated carbocycles. The number of aromatic nitrogens is 1. The van der Waals surface area contributed by atoms with Gasteiger partial charge >= 0.3 is 7.12 Å². The molecule has 0 fully saturated rings. The second-order valence-electron chi connectivity index (χ2n) is 9.30. The van der Waals surface area contributed by atoms with E-state index in [-0.39, 0.29) is 36.1 Å². The van der Waals surface area contributed by atoms with Crippen molar-refractivity contribution < 1.29 is 24.4 Å². The highest BCUT2D eigenvalue weighted by atomic mass is 16.4. The first-order chi connectivity index (χ1) is 16.9. The van der Waals surface area contributed by atoms with Gasteiger partial charge in [0.15, 0.2) is 0 Å². The Kier molecular flexibility index (Phi) is 13.2. The zero-order chi connectivity index (χ0) is 27.3. The molecule has 36 heavy (non-hydrogen) atoms. The number of nitrogens with one attached hydrogen (secondary N) is 4. The molecule has 0 saturated heterocycles. The predicted octanol–water partition coefficient (Wildman–Crippen LogP) is 0.409. The third-order valence-electron chi connectivity index (χ3n) is 5.12. The number of hydrogen-bond donors (Lipinski definition) is 6. The fourth-order valence-electron chi connectivity index (χ4n) is 3.40. The summed E-state index contributed by atoms with van der Waals surface area (Å²) in [6.07, 6.45) is 2.96. The molecule has 11 nitrogen and oxygen atoms in total. The fourth-order valence-corrected chi connectivity index (χ4v) is 3.40. The van der Waals surface area contributed by atoms with Crippen molar-refractivity contribution in [3.8, 4) is 6.07 Å². The number of unbranched alkanes of at least 4 members (excludes halogenated alkanes) is 1. The zero-order valence-electron chi connectivity index (χ0n) is 21.2. The van der Waals surface area contributed by atoms with E-state index in [0.717, 1.165) is 0 Å². The molecule has 1 heterocycles. The van der Waals surface area contributed by atoms with Crippen molar-refractivity contribution in [2.45, 2.75) is 65.4 Å². The summed E-state index contributed by atoms with van der Waals surface area (Å²) in [5, 5.41) is 36.2. The molecule has 1 rings (SSSR count). The summed E-state index contributed by atoms with van der Waals surface area (Å²) in [5.74, 6) is -2.55. The molecule has 1 aromatic heterocycles. The molecular formula is C24H36BN5O6. The van der Waals surface area contributed by atoms with Gasteiger partial charge in [-0.3, -0.25) is 19.2 Å². The van der Waals surface area contributed by atoms with Crippen LogP contribution in [-0.2, 0) is 9.59 Å². The van der Waals surface area contributed by atoms with Crippen LogP contribution in [0.2, 0.25) is 0 Å². The van der Waals surface area contributed by atoms with Crippen molar-refractivity contribution in [1.29, 1.82) is 5.26 Å². The molecular weight excluding hydrogens is 465 g/mol. The van der Waals surface area contributed by atoms with E-state index < -0.39 is 42.4 Å². The molecule has 1 aromatic rings. The second kappa shape index (κ2) is 15.5. The molecule has 0 aliphatic carbocycles. The number of pyridine rings is 1. The topological polar surface area (TPSA) is 184 Å². The van der Waals surface area contributed by atoms with Gasteiger partial charge in [0.25, 0.3) is 11.8 Å². The molecule has 0 aliphatic heterocycles. The van der Waals surface area contributed by atoms with E-state index in [1.807, 2.05) is 33.8 Å². The van der Waals surface area contributed by atoms with Crippen LogP contribution in [-0.4, -0.2) is 58.4 Å².